The van der Waals surface area contributed by atoms with E-state index < -0.39 is 0 Å². The Morgan fingerprint density at radius 1 is 1.00 bits per heavy atom. The van der Waals surface area contributed by atoms with Gasteiger partial charge in [0.15, 0.2) is 0 Å². The van der Waals surface area contributed by atoms with Gasteiger partial charge in [-0.3, -0.25) is 0 Å². The molecule has 5 rings (SSSR count). The second-order valence-electron chi connectivity index (χ2n) is 6.06. The highest BCUT2D eigenvalue weighted by molar-refractivity contribution is 7.21. The number of thiophene rings is 1. The van der Waals surface area contributed by atoms with Crippen LogP contribution >= 0.6 is 11.3 Å². The third-order valence-electron chi connectivity index (χ3n) is 4.54. The van der Waals surface area contributed by atoms with Crippen LogP contribution in [0.5, 0.6) is 0 Å². The van der Waals surface area contributed by atoms with E-state index >= 15 is 0 Å². The van der Waals surface area contributed by atoms with Gasteiger partial charge in [0, 0.05) is 17.6 Å². The van der Waals surface area contributed by atoms with Crippen molar-refractivity contribution in [3.05, 3.63) is 66.5 Å². The SMILES string of the molecule is c1ccc(-c2cc3c(N4CCc5cncnc5C4)ncnc3s2)cc1. The third-order valence-corrected chi connectivity index (χ3v) is 5.63. The molecule has 1 aromatic carbocycles. The van der Waals surface area contributed by atoms with Gasteiger partial charge in [-0.2, -0.15) is 0 Å². The van der Waals surface area contributed by atoms with Crippen molar-refractivity contribution in [1.29, 1.82) is 0 Å². The summed E-state index contributed by atoms with van der Waals surface area (Å²) in [5.41, 5.74) is 3.54. The number of benzene rings is 1. The van der Waals surface area contributed by atoms with Crippen molar-refractivity contribution in [2.24, 2.45) is 0 Å². The summed E-state index contributed by atoms with van der Waals surface area (Å²) in [5.74, 6) is 0.993. The van der Waals surface area contributed by atoms with E-state index in [4.69, 9.17) is 0 Å². The van der Waals surface area contributed by atoms with Crippen LogP contribution in [0, 0.1) is 0 Å². The van der Waals surface area contributed by atoms with Crippen LogP contribution in [-0.2, 0) is 13.0 Å². The van der Waals surface area contributed by atoms with Crippen molar-refractivity contribution < 1.29 is 0 Å². The maximum atomic E-state index is 4.59. The largest absolute Gasteiger partial charge is 0.350 e. The molecule has 0 saturated heterocycles. The zero-order chi connectivity index (χ0) is 16.6. The summed E-state index contributed by atoms with van der Waals surface area (Å²) < 4.78 is 0. The van der Waals surface area contributed by atoms with E-state index in [2.05, 4.69) is 55.2 Å². The molecule has 3 aromatic heterocycles. The number of hydrogen-bond donors (Lipinski definition) is 0. The fraction of sp³-hybridized carbons (Fsp3) is 0.158. The molecule has 0 atom stereocenters. The Balaban J connectivity index is 1.57. The topological polar surface area (TPSA) is 54.8 Å². The zero-order valence-electron chi connectivity index (χ0n) is 13.5. The molecule has 4 aromatic rings. The highest BCUT2D eigenvalue weighted by atomic mass is 32.1. The molecule has 4 heterocycles. The van der Waals surface area contributed by atoms with Gasteiger partial charge < -0.3 is 4.90 Å². The van der Waals surface area contributed by atoms with E-state index in [1.807, 2.05) is 12.3 Å². The standard InChI is InChI=1S/C19H15N5S/c1-2-4-13(5-3-1)17-8-15-18(22-12-23-19(15)25-17)24-7-6-14-9-20-11-21-16(14)10-24/h1-5,8-9,11-12H,6-7,10H2. The second kappa shape index (κ2) is 5.89. The monoisotopic (exact) mass is 345 g/mol. The van der Waals surface area contributed by atoms with Crippen LogP contribution in [0.25, 0.3) is 20.7 Å². The lowest BCUT2D eigenvalue weighted by atomic mass is 10.1. The van der Waals surface area contributed by atoms with Crippen molar-refractivity contribution in [2.75, 3.05) is 11.4 Å². The van der Waals surface area contributed by atoms with Gasteiger partial charge in [0.25, 0.3) is 0 Å². The number of nitrogens with zero attached hydrogens (tertiary/aromatic N) is 5. The summed E-state index contributed by atoms with van der Waals surface area (Å²) in [6.07, 6.45) is 6.15. The van der Waals surface area contributed by atoms with Crippen molar-refractivity contribution in [3.8, 4) is 10.4 Å². The number of anilines is 1. The van der Waals surface area contributed by atoms with Gasteiger partial charge in [-0.05, 0) is 23.6 Å². The zero-order valence-corrected chi connectivity index (χ0v) is 14.3. The van der Waals surface area contributed by atoms with Crippen LogP contribution in [-0.4, -0.2) is 26.5 Å². The van der Waals surface area contributed by atoms with Crippen LogP contribution in [0.2, 0.25) is 0 Å². The molecular weight excluding hydrogens is 330 g/mol. The van der Waals surface area contributed by atoms with Crippen LogP contribution in [0.1, 0.15) is 11.3 Å². The first-order valence-electron chi connectivity index (χ1n) is 8.21. The van der Waals surface area contributed by atoms with Gasteiger partial charge in [-0.15, -0.1) is 11.3 Å². The summed E-state index contributed by atoms with van der Waals surface area (Å²) in [6.45, 7) is 1.68. The molecular formula is C19H15N5S. The van der Waals surface area contributed by atoms with E-state index in [0.717, 1.165) is 41.2 Å². The first-order valence-corrected chi connectivity index (χ1v) is 9.03. The Morgan fingerprint density at radius 2 is 1.92 bits per heavy atom. The quantitative estimate of drug-likeness (QED) is 0.554. The molecule has 25 heavy (non-hydrogen) atoms. The average Bonchev–Trinajstić information content (AvgIpc) is 3.13. The summed E-state index contributed by atoms with van der Waals surface area (Å²) in [4.78, 5) is 22.2. The van der Waals surface area contributed by atoms with E-state index in [1.54, 1.807) is 24.0 Å². The smallest absolute Gasteiger partial charge is 0.141 e. The Hall–Kier alpha value is -2.86. The fourth-order valence-corrected chi connectivity index (χ4v) is 4.27. The fourth-order valence-electron chi connectivity index (χ4n) is 3.27. The van der Waals surface area contributed by atoms with Crippen molar-refractivity contribution in [2.45, 2.75) is 13.0 Å². The van der Waals surface area contributed by atoms with Gasteiger partial charge in [-0.1, -0.05) is 30.3 Å². The number of rotatable bonds is 2. The van der Waals surface area contributed by atoms with Crippen LogP contribution in [0.3, 0.4) is 0 Å². The minimum absolute atomic E-state index is 0.764. The molecule has 0 N–H and O–H groups in total. The average molecular weight is 345 g/mol. The van der Waals surface area contributed by atoms with Crippen molar-refractivity contribution in [1.82, 2.24) is 19.9 Å². The second-order valence-corrected chi connectivity index (χ2v) is 7.09. The van der Waals surface area contributed by atoms with Crippen molar-refractivity contribution >= 4 is 27.4 Å². The van der Waals surface area contributed by atoms with Gasteiger partial charge >= 0.3 is 0 Å². The van der Waals surface area contributed by atoms with Gasteiger partial charge in [0.05, 0.1) is 17.6 Å². The third kappa shape index (κ3) is 2.55. The molecule has 0 amide bonds. The lowest BCUT2D eigenvalue weighted by molar-refractivity contribution is 0.696. The molecule has 0 radical (unpaired) electrons. The highest BCUT2D eigenvalue weighted by Crippen LogP contribution is 2.36. The molecule has 0 unspecified atom stereocenters. The normalized spacial score (nSPS) is 13.8. The summed E-state index contributed by atoms with van der Waals surface area (Å²) in [6, 6.07) is 12.6. The summed E-state index contributed by atoms with van der Waals surface area (Å²) >= 11 is 1.71. The Kier molecular flexibility index (Phi) is 3.41. The van der Waals surface area contributed by atoms with Crippen molar-refractivity contribution in [3.63, 3.8) is 0 Å². The molecule has 122 valence electrons. The number of aromatic nitrogens is 4. The molecule has 0 saturated carbocycles. The van der Waals surface area contributed by atoms with E-state index in [0.29, 0.717) is 0 Å². The molecule has 0 fully saturated rings. The molecule has 0 aliphatic carbocycles. The first-order chi connectivity index (χ1) is 12.4. The Morgan fingerprint density at radius 3 is 2.84 bits per heavy atom. The Bertz CT molecular complexity index is 1040. The molecule has 1 aliphatic heterocycles. The molecule has 5 nitrogen and oxygen atoms in total. The first kappa shape index (κ1) is 14.5. The molecule has 0 bridgehead atoms. The highest BCUT2D eigenvalue weighted by Gasteiger charge is 2.21. The number of fused-ring (bicyclic) bond motifs is 2. The maximum absolute atomic E-state index is 4.59. The Labute approximate surface area is 149 Å². The molecule has 1 aliphatic rings. The minimum atomic E-state index is 0.764. The van der Waals surface area contributed by atoms with E-state index in [9.17, 15) is 0 Å². The molecule has 6 heteroatoms. The minimum Gasteiger partial charge on any atom is -0.350 e. The molecule has 0 spiro atoms. The van der Waals surface area contributed by atoms with Gasteiger partial charge in [0.1, 0.15) is 23.3 Å². The summed E-state index contributed by atoms with van der Waals surface area (Å²) in [7, 11) is 0. The predicted molar refractivity (Wildman–Crippen MR) is 99.6 cm³/mol. The number of hydrogen-bond acceptors (Lipinski definition) is 6. The summed E-state index contributed by atoms with van der Waals surface area (Å²) in [5, 5.41) is 1.11. The predicted octanol–water partition coefficient (Wildman–Crippen LogP) is 3.71. The van der Waals surface area contributed by atoms with Gasteiger partial charge in [0.2, 0.25) is 0 Å². The maximum Gasteiger partial charge on any atom is 0.141 e. The van der Waals surface area contributed by atoms with Crippen LogP contribution in [0.15, 0.2) is 55.2 Å². The lowest BCUT2D eigenvalue weighted by Crippen LogP contribution is -2.32. The van der Waals surface area contributed by atoms with Crippen LogP contribution in [0.4, 0.5) is 5.82 Å². The van der Waals surface area contributed by atoms with E-state index in [1.165, 1.54) is 16.0 Å². The van der Waals surface area contributed by atoms with E-state index in [-0.39, 0.29) is 0 Å². The lowest BCUT2D eigenvalue weighted by Gasteiger charge is -2.28. The van der Waals surface area contributed by atoms with Gasteiger partial charge in [-0.25, -0.2) is 19.9 Å². The van der Waals surface area contributed by atoms with Crippen LogP contribution < -0.4 is 4.90 Å².